The predicted octanol–water partition coefficient (Wildman–Crippen LogP) is 2.90. The number of hydrogen-bond donors (Lipinski definition) is 0. The Morgan fingerprint density at radius 2 is 2.14 bits per heavy atom. The smallest absolute Gasteiger partial charge is 0.274 e. The predicted molar refractivity (Wildman–Crippen MR) is 106 cm³/mol. The quantitative estimate of drug-likeness (QED) is 0.765. The molecule has 28 heavy (non-hydrogen) atoms. The molecule has 1 saturated heterocycles. The Bertz CT molecular complexity index is 792. The maximum atomic E-state index is 13.2. The van der Waals surface area contributed by atoms with E-state index in [0.717, 1.165) is 70.4 Å². The number of nitrogens with zero attached hydrogens (tertiary/aromatic N) is 5. The maximum Gasteiger partial charge on any atom is 0.274 e. The van der Waals surface area contributed by atoms with Crippen molar-refractivity contribution in [2.75, 3.05) is 20.1 Å². The van der Waals surface area contributed by atoms with Crippen LogP contribution in [-0.4, -0.2) is 56.8 Å². The van der Waals surface area contributed by atoms with Gasteiger partial charge in [0.1, 0.15) is 6.26 Å². The molecule has 2 aromatic heterocycles. The number of likely N-dealkylation sites (tertiary alicyclic amines) is 1. The monoisotopic (exact) mass is 385 g/mol. The van der Waals surface area contributed by atoms with Crippen LogP contribution in [0.4, 0.5) is 0 Å². The Kier molecular flexibility index (Phi) is 5.80. The molecular weight excluding hydrogens is 354 g/mol. The van der Waals surface area contributed by atoms with Gasteiger partial charge >= 0.3 is 0 Å². The standard InChI is InChI=1S/C21H31N5O2/c1-3-10-26-19-8-7-17(24(2)15-16-9-13-28-23-16)14-18(19)20(22-26)21(27)25-11-5-4-6-12-25/h9,13,17H,3-8,10-12,14-15H2,1-2H3/t17-/m0/s1. The first-order chi connectivity index (χ1) is 13.7. The van der Waals surface area contributed by atoms with Crippen LogP contribution in [0.2, 0.25) is 0 Å². The van der Waals surface area contributed by atoms with E-state index < -0.39 is 0 Å². The number of hydrogen-bond acceptors (Lipinski definition) is 5. The van der Waals surface area contributed by atoms with E-state index in [2.05, 4.69) is 28.7 Å². The second-order valence-electron chi connectivity index (χ2n) is 8.15. The molecule has 0 aromatic carbocycles. The fourth-order valence-corrected chi connectivity index (χ4v) is 4.56. The molecule has 1 atom stereocenters. The molecule has 0 saturated carbocycles. The van der Waals surface area contributed by atoms with Crippen LogP contribution in [0.15, 0.2) is 16.9 Å². The molecular formula is C21H31N5O2. The molecule has 7 nitrogen and oxygen atoms in total. The van der Waals surface area contributed by atoms with Gasteiger partial charge in [0.15, 0.2) is 5.69 Å². The summed E-state index contributed by atoms with van der Waals surface area (Å²) in [4.78, 5) is 17.6. The largest absolute Gasteiger partial charge is 0.364 e. The fraction of sp³-hybridized carbons (Fsp3) is 0.667. The second-order valence-corrected chi connectivity index (χ2v) is 8.15. The average molecular weight is 386 g/mol. The zero-order valence-corrected chi connectivity index (χ0v) is 17.1. The minimum atomic E-state index is 0.130. The summed E-state index contributed by atoms with van der Waals surface area (Å²) in [6, 6.07) is 2.30. The SMILES string of the molecule is CCCn1nc(C(=O)N2CCCCC2)c2c1CC[C@H](N(C)Cc1ccon1)C2. The van der Waals surface area contributed by atoms with Crippen LogP contribution in [0.3, 0.4) is 0 Å². The topological polar surface area (TPSA) is 67.4 Å². The number of amides is 1. The molecule has 0 unspecified atom stereocenters. The van der Waals surface area contributed by atoms with Gasteiger partial charge in [0.25, 0.3) is 5.91 Å². The van der Waals surface area contributed by atoms with Gasteiger partial charge in [-0.05, 0) is 52.0 Å². The van der Waals surface area contributed by atoms with E-state index in [-0.39, 0.29) is 5.91 Å². The highest BCUT2D eigenvalue weighted by atomic mass is 16.5. The zero-order chi connectivity index (χ0) is 19.5. The van der Waals surface area contributed by atoms with Crippen molar-refractivity contribution in [1.82, 2.24) is 24.7 Å². The van der Waals surface area contributed by atoms with E-state index in [0.29, 0.717) is 11.7 Å². The van der Waals surface area contributed by atoms with Crippen LogP contribution >= 0.6 is 0 Å². The van der Waals surface area contributed by atoms with Crippen molar-refractivity contribution in [3.8, 4) is 0 Å². The van der Waals surface area contributed by atoms with E-state index in [1.54, 1.807) is 6.26 Å². The molecule has 3 heterocycles. The van der Waals surface area contributed by atoms with Gasteiger partial charge in [-0.15, -0.1) is 0 Å². The number of carbonyl (C=O) groups is 1. The Labute approximate surface area is 166 Å². The third-order valence-electron chi connectivity index (χ3n) is 6.13. The van der Waals surface area contributed by atoms with Crippen LogP contribution in [0.25, 0.3) is 0 Å². The van der Waals surface area contributed by atoms with Gasteiger partial charge < -0.3 is 9.42 Å². The summed E-state index contributed by atoms with van der Waals surface area (Å²) < 4.78 is 7.06. The normalized spacial score (nSPS) is 19.8. The molecule has 0 spiro atoms. The summed E-state index contributed by atoms with van der Waals surface area (Å²) in [5, 5.41) is 8.84. The highest BCUT2D eigenvalue weighted by Gasteiger charge is 2.32. The Morgan fingerprint density at radius 1 is 1.32 bits per heavy atom. The summed E-state index contributed by atoms with van der Waals surface area (Å²) in [5.74, 6) is 0.130. The van der Waals surface area contributed by atoms with Gasteiger partial charge in [0, 0.05) is 49.5 Å². The first kappa shape index (κ1) is 19.2. The van der Waals surface area contributed by atoms with Gasteiger partial charge in [0.2, 0.25) is 0 Å². The van der Waals surface area contributed by atoms with Gasteiger partial charge in [-0.2, -0.15) is 5.10 Å². The lowest BCUT2D eigenvalue weighted by atomic mass is 9.90. The van der Waals surface area contributed by atoms with Crippen molar-refractivity contribution in [1.29, 1.82) is 0 Å². The van der Waals surface area contributed by atoms with E-state index in [1.165, 1.54) is 17.7 Å². The molecule has 0 bridgehead atoms. The van der Waals surface area contributed by atoms with E-state index in [4.69, 9.17) is 9.62 Å². The average Bonchev–Trinajstić information content (AvgIpc) is 3.36. The number of piperidine rings is 1. The molecule has 1 aliphatic carbocycles. The molecule has 2 aliphatic rings. The molecule has 1 amide bonds. The third kappa shape index (κ3) is 3.85. The molecule has 2 aromatic rings. The Morgan fingerprint density at radius 3 is 2.86 bits per heavy atom. The van der Waals surface area contributed by atoms with Crippen molar-refractivity contribution < 1.29 is 9.32 Å². The highest BCUT2D eigenvalue weighted by Crippen LogP contribution is 2.29. The number of likely N-dealkylation sites (N-methyl/N-ethyl adjacent to an activating group) is 1. The van der Waals surface area contributed by atoms with Crippen molar-refractivity contribution in [2.24, 2.45) is 0 Å². The minimum Gasteiger partial charge on any atom is -0.364 e. The molecule has 1 fully saturated rings. The van der Waals surface area contributed by atoms with Crippen molar-refractivity contribution in [3.05, 3.63) is 35.0 Å². The second kappa shape index (κ2) is 8.47. The van der Waals surface area contributed by atoms with Crippen LogP contribution in [-0.2, 0) is 25.9 Å². The molecule has 152 valence electrons. The van der Waals surface area contributed by atoms with Crippen LogP contribution in [0.1, 0.15) is 66.5 Å². The number of carbonyl (C=O) groups excluding carboxylic acids is 1. The molecule has 4 rings (SSSR count). The zero-order valence-electron chi connectivity index (χ0n) is 17.1. The number of fused-ring (bicyclic) bond motifs is 1. The summed E-state index contributed by atoms with van der Waals surface area (Å²) in [6.07, 6.45) is 9.01. The van der Waals surface area contributed by atoms with E-state index in [9.17, 15) is 4.79 Å². The Hall–Kier alpha value is -2.15. The Balaban J connectivity index is 1.56. The maximum absolute atomic E-state index is 13.2. The van der Waals surface area contributed by atoms with Gasteiger partial charge in [-0.25, -0.2) is 0 Å². The van der Waals surface area contributed by atoms with Crippen molar-refractivity contribution in [3.63, 3.8) is 0 Å². The van der Waals surface area contributed by atoms with Crippen LogP contribution in [0, 0.1) is 0 Å². The van der Waals surface area contributed by atoms with Crippen molar-refractivity contribution in [2.45, 2.75) is 71.0 Å². The summed E-state index contributed by atoms with van der Waals surface area (Å²) >= 11 is 0. The number of rotatable bonds is 6. The highest BCUT2D eigenvalue weighted by molar-refractivity contribution is 5.94. The number of aromatic nitrogens is 3. The molecule has 0 N–H and O–H groups in total. The summed E-state index contributed by atoms with van der Waals surface area (Å²) in [5.41, 5.74) is 4.09. The van der Waals surface area contributed by atoms with Crippen LogP contribution in [0.5, 0.6) is 0 Å². The first-order valence-electron chi connectivity index (χ1n) is 10.6. The molecule has 1 aliphatic heterocycles. The van der Waals surface area contributed by atoms with Gasteiger partial charge in [-0.1, -0.05) is 12.1 Å². The van der Waals surface area contributed by atoms with Gasteiger partial charge in [-0.3, -0.25) is 14.4 Å². The van der Waals surface area contributed by atoms with Crippen LogP contribution < -0.4 is 0 Å². The summed E-state index contributed by atoms with van der Waals surface area (Å²) in [7, 11) is 2.13. The molecule has 0 radical (unpaired) electrons. The minimum absolute atomic E-state index is 0.130. The van der Waals surface area contributed by atoms with Gasteiger partial charge in [0.05, 0.1) is 5.69 Å². The lowest BCUT2D eigenvalue weighted by Crippen LogP contribution is -2.38. The fourth-order valence-electron chi connectivity index (χ4n) is 4.56. The number of aryl methyl sites for hydroxylation is 1. The molecule has 7 heteroatoms. The first-order valence-corrected chi connectivity index (χ1v) is 10.6. The van der Waals surface area contributed by atoms with Crippen molar-refractivity contribution >= 4 is 5.91 Å². The summed E-state index contributed by atoms with van der Waals surface area (Å²) in [6.45, 7) is 5.54. The van der Waals surface area contributed by atoms with E-state index in [1.807, 2.05) is 11.0 Å². The lowest BCUT2D eigenvalue weighted by molar-refractivity contribution is 0.0715. The third-order valence-corrected chi connectivity index (χ3v) is 6.13. The lowest BCUT2D eigenvalue weighted by Gasteiger charge is -2.31. The van der Waals surface area contributed by atoms with E-state index >= 15 is 0 Å².